The summed E-state index contributed by atoms with van der Waals surface area (Å²) in [6, 6.07) is 9.24. The number of hydrogen-bond donors (Lipinski definition) is 1. The quantitative estimate of drug-likeness (QED) is 0.639. The van der Waals surface area contributed by atoms with Crippen LogP contribution in [-0.4, -0.2) is 29.1 Å². The van der Waals surface area contributed by atoms with Crippen LogP contribution in [0, 0.1) is 40.4 Å². The van der Waals surface area contributed by atoms with Gasteiger partial charge in [-0.05, 0) is 105 Å². The number of carbonyl (C=O) groups excluding carboxylic acids is 2. The van der Waals surface area contributed by atoms with Crippen molar-refractivity contribution in [2.75, 3.05) is 0 Å². The van der Waals surface area contributed by atoms with Crippen LogP contribution in [0.3, 0.4) is 0 Å². The average Bonchev–Trinajstić information content (AvgIpc) is 3.13. The number of Topliss-reactive ketones (excluding diaryl/α,β-unsaturated/α-hetero) is 1. The maximum Gasteiger partial charge on any atom is 0.338 e. The molecule has 5 unspecified atom stereocenters. The van der Waals surface area contributed by atoms with Crippen molar-refractivity contribution in [3.05, 3.63) is 35.9 Å². The Labute approximate surface area is 192 Å². The number of aliphatic hydroxyl groups is 1. The van der Waals surface area contributed by atoms with E-state index in [1.807, 2.05) is 18.2 Å². The van der Waals surface area contributed by atoms with E-state index in [0.717, 1.165) is 51.4 Å². The van der Waals surface area contributed by atoms with Gasteiger partial charge in [0.15, 0.2) is 0 Å². The molecule has 1 aromatic rings. The highest BCUT2D eigenvalue weighted by Gasteiger charge is 2.63. The van der Waals surface area contributed by atoms with Crippen LogP contribution < -0.4 is 0 Å². The standard InChI is InChI=1S/C28H38O4/c1-17(29)21-9-10-22-25-23(12-14-28(21,22)3)27(2)13-11-20(15-19(27)16-24(25)30)32-26(31)18-7-5-4-6-8-18/h4-8,19-25,30H,9-16H2,1-3H3/t19?,20-,21?,22?,23?,24+,25?,27-,28+/m0/s1. The van der Waals surface area contributed by atoms with Crippen LogP contribution in [-0.2, 0) is 9.53 Å². The van der Waals surface area contributed by atoms with Gasteiger partial charge >= 0.3 is 5.97 Å². The molecule has 0 bridgehead atoms. The van der Waals surface area contributed by atoms with Gasteiger partial charge in [-0.25, -0.2) is 4.79 Å². The summed E-state index contributed by atoms with van der Waals surface area (Å²) in [5.74, 6) is 1.92. The van der Waals surface area contributed by atoms with Crippen molar-refractivity contribution in [1.29, 1.82) is 0 Å². The number of hydrogen-bond acceptors (Lipinski definition) is 4. The van der Waals surface area contributed by atoms with Crippen molar-refractivity contribution in [3.63, 3.8) is 0 Å². The van der Waals surface area contributed by atoms with Gasteiger partial charge in [0.05, 0.1) is 11.7 Å². The average molecular weight is 439 g/mol. The van der Waals surface area contributed by atoms with E-state index >= 15 is 0 Å². The molecule has 5 rings (SSSR count). The van der Waals surface area contributed by atoms with Gasteiger partial charge in [0.1, 0.15) is 11.9 Å². The van der Waals surface area contributed by atoms with E-state index in [2.05, 4.69) is 13.8 Å². The van der Waals surface area contributed by atoms with Crippen LogP contribution in [0.1, 0.15) is 82.5 Å². The molecule has 4 nitrogen and oxygen atoms in total. The highest BCUT2D eigenvalue weighted by molar-refractivity contribution is 5.89. The Morgan fingerprint density at radius 2 is 1.62 bits per heavy atom. The van der Waals surface area contributed by atoms with Gasteiger partial charge in [-0.15, -0.1) is 0 Å². The summed E-state index contributed by atoms with van der Waals surface area (Å²) in [7, 11) is 0. The van der Waals surface area contributed by atoms with Crippen molar-refractivity contribution in [2.45, 2.75) is 84.3 Å². The second kappa shape index (κ2) is 7.97. The predicted octanol–water partition coefficient (Wildman–Crippen LogP) is 5.43. The van der Waals surface area contributed by atoms with Crippen LogP contribution in [0.2, 0.25) is 0 Å². The molecule has 174 valence electrons. The molecule has 0 aromatic heterocycles. The number of fused-ring (bicyclic) bond motifs is 5. The molecule has 0 heterocycles. The Hall–Kier alpha value is -1.68. The molecule has 4 aliphatic rings. The number of benzene rings is 1. The lowest BCUT2D eigenvalue weighted by Gasteiger charge is -2.62. The molecule has 0 saturated heterocycles. The minimum Gasteiger partial charge on any atom is -0.459 e. The summed E-state index contributed by atoms with van der Waals surface area (Å²) in [6.45, 7) is 6.53. The first-order valence-corrected chi connectivity index (χ1v) is 12.7. The number of carbonyl (C=O) groups is 2. The second-order valence-corrected chi connectivity index (χ2v) is 11.7. The third-order valence-corrected chi connectivity index (χ3v) is 10.4. The molecule has 0 radical (unpaired) electrons. The van der Waals surface area contributed by atoms with Crippen LogP contribution >= 0.6 is 0 Å². The van der Waals surface area contributed by atoms with E-state index in [1.165, 1.54) is 0 Å². The summed E-state index contributed by atoms with van der Waals surface area (Å²) < 4.78 is 5.91. The largest absolute Gasteiger partial charge is 0.459 e. The van der Waals surface area contributed by atoms with E-state index in [1.54, 1.807) is 19.1 Å². The maximum atomic E-state index is 12.6. The van der Waals surface area contributed by atoms with Gasteiger partial charge in [-0.3, -0.25) is 4.79 Å². The topological polar surface area (TPSA) is 63.6 Å². The summed E-state index contributed by atoms with van der Waals surface area (Å²) >= 11 is 0. The minimum atomic E-state index is -0.308. The van der Waals surface area contributed by atoms with Crippen molar-refractivity contribution in [3.8, 4) is 0 Å². The summed E-state index contributed by atoms with van der Waals surface area (Å²) in [4.78, 5) is 25.0. The molecule has 4 saturated carbocycles. The molecule has 32 heavy (non-hydrogen) atoms. The zero-order chi connectivity index (χ0) is 22.7. The summed E-state index contributed by atoms with van der Waals surface area (Å²) in [5.41, 5.74) is 0.854. The van der Waals surface area contributed by atoms with Gasteiger partial charge in [0.2, 0.25) is 0 Å². The highest BCUT2D eigenvalue weighted by Crippen LogP contribution is 2.67. The fourth-order valence-electron chi connectivity index (χ4n) is 8.75. The van der Waals surface area contributed by atoms with E-state index in [0.29, 0.717) is 35.0 Å². The smallest absolute Gasteiger partial charge is 0.338 e. The Morgan fingerprint density at radius 1 is 0.938 bits per heavy atom. The molecule has 1 N–H and O–H groups in total. The van der Waals surface area contributed by atoms with Crippen LogP contribution in [0.4, 0.5) is 0 Å². The molecule has 4 aliphatic carbocycles. The number of ether oxygens (including phenoxy) is 1. The van der Waals surface area contributed by atoms with E-state index in [-0.39, 0.29) is 34.9 Å². The monoisotopic (exact) mass is 438 g/mol. The molecule has 4 fully saturated rings. The zero-order valence-corrected chi connectivity index (χ0v) is 19.8. The van der Waals surface area contributed by atoms with Gasteiger partial charge in [0.25, 0.3) is 0 Å². The van der Waals surface area contributed by atoms with Crippen molar-refractivity contribution < 1.29 is 19.4 Å². The van der Waals surface area contributed by atoms with Crippen molar-refractivity contribution in [2.24, 2.45) is 40.4 Å². The summed E-state index contributed by atoms with van der Waals surface area (Å²) in [6.07, 6.45) is 7.53. The highest BCUT2D eigenvalue weighted by atomic mass is 16.5. The molecule has 0 amide bonds. The van der Waals surface area contributed by atoms with Crippen LogP contribution in [0.15, 0.2) is 30.3 Å². The van der Waals surface area contributed by atoms with E-state index < -0.39 is 0 Å². The first kappa shape index (κ1) is 22.1. The minimum absolute atomic E-state index is 0.0552. The van der Waals surface area contributed by atoms with Crippen LogP contribution in [0.25, 0.3) is 0 Å². The Morgan fingerprint density at radius 3 is 2.34 bits per heavy atom. The third-order valence-electron chi connectivity index (χ3n) is 10.4. The number of esters is 1. The van der Waals surface area contributed by atoms with E-state index in [4.69, 9.17) is 4.74 Å². The van der Waals surface area contributed by atoms with Crippen LogP contribution in [0.5, 0.6) is 0 Å². The number of rotatable bonds is 3. The lowest BCUT2D eigenvalue weighted by atomic mass is 9.44. The predicted molar refractivity (Wildman–Crippen MR) is 123 cm³/mol. The fraction of sp³-hybridized carbons (Fsp3) is 0.714. The number of ketones is 1. The molecule has 0 spiro atoms. The Balaban J connectivity index is 1.32. The molecular weight excluding hydrogens is 400 g/mol. The molecule has 9 atom stereocenters. The van der Waals surface area contributed by atoms with Gasteiger partial charge in [-0.1, -0.05) is 32.0 Å². The lowest BCUT2D eigenvalue weighted by molar-refractivity contribution is -0.174. The third kappa shape index (κ3) is 3.36. The molecule has 0 aliphatic heterocycles. The molecule has 1 aromatic carbocycles. The summed E-state index contributed by atoms with van der Waals surface area (Å²) in [5, 5.41) is 11.4. The Bertz CT molecular complexity index is 881. The molecular formula is C28H38O4. The molecule has 4 heteroatoms. The van der Waals surface area contributed by atoms with Gasteiger partial charge in [0, 0.05) is 5.92 Å². The van der Waals surface area contributed by atoms with Gasteiger partial charge < -0.3 is 9.84 Å². The van der Waals surface area contributed by atoms with E-state index in [9.17, 15) is 14.7 Å². The normalized spacial score (nSPS) is 45.3. The van der Waals surface area contributed by atoms with Crippen molar-refractivity contribution in [1.82, 2.24) is 0 Å². The first-order valence-electron chi connectivity index (χ1n) is 12.7. The maximum absolute atomic E-state index is 12.6. The fourth-order valence-corrected chi connectivity index (χ4v) is 8.75. The SMILES string of the molecule is CC(=O)C1CCC2C3C(CC[C@]12C)[C@@]1(C)CC[C@H](OC(=O)c2ccccc2)CC1C[C@H]3O. The lowest BCUT2D eigenvalue weighted by Crippen LogP contribution is -2.58. The van der Waals surface area contributed by atoms with Gasteiger partial charge in [-0.2, -0.15) is 0 Å². The van der Waals surface area contributed by atoms with Crippen molar-refractivity contribution >= 4 is 11.8 Å². The number of aliphatic hydroxyl groups excluding tert-OH is 1. The first-order chi connectivity index (χ1) is 15.2. The zero-order valence-electron chi connectivity index (χ0n) is 19.8. The Kier molecular flexibility index (Phi) is 5.51. The second-order valence-electron chi connectivity index (χ2n) is 11.7.